The predicted molar refractivity (Wildman–Crippen MR) is 75.0 cm³/mol. The van der Waals surface area contributed by atoms with E-state index in [1.807, 2.05) is 18.2 Å². The number of carbonyl (C=O) groups is 1. The van der Waals surface area contributed by atoms with Crippen LogP contribution in [0.5, 0.6) is 5.75 Å². The third kappa shape index (κ3) is 2.00. The van der Waals surface area contributed by atoms with Crippen molar-refractivity contribution in [3.8, 4) is 5.75 Å². The van der Waals surface area contributed by atoms with E-state index in [1.54, 1.807) is 7.11 Å². The van der Waals surface area contributed by atoms with E-state index in [9.17, 15) is 4.79 Å². The maximum absolute atomic E-state index is 12.2. The molecule has 0 atom stereocenters. The summed E-state index contributed by atoms with van der Waals surface area (Å²) in [6, 6.07) is 5.57. The number of aromatic nitrogens is 1. The molecule has 1 aliphatic heterocycles. The molecular formula is C15H16N2O3. The Morgan fingerprint density at radius 2 is 2.20 bits per heavy atom. The van der Waals surface area contributed by atoms with Gasteiger partial charge in [0.1, 0.15) is 5.75 Å². The van der Waals surface area contributed by atoms with Crippen LogP contribution in [0.3, 0.4) is 0 Å². The van der Waals surface area contributed by atoms with E-state index in [2.05, 4.69) is 10.3 Å². The molecule has 5 nitrogen and oxygen atoms in total. The number of esters is 1. The average Bonchev–Trinajstić information content (AvgIpc) is 2.51. The van der Waals surface area contributed by atoms with Crippen molar-refractivity contribution in [1.82, 2.24) is 10.3 Å². The zero-order valence-corrected chi connectivity index (χ0v) is 11.5. The van der Waals surface area contributed by atoms with Crippen LogP contribution in [0.4, 0.5) is 0 Å². The van der Waals surface area contributed by atoms with Gasteiger partial charge < -0.3 is 14.8 Å². The normalized spacial score (nSPS) is 13.9. The van der Waals surface area contributed by atoms with E-state index >= 15 is 0 Å². The topological polar surface area (TPSA) is 60.5 Å². The first-order valence-electron chi connectivity index (χ1n) is 6.53. The third-order valence-corrected chi connectivity index (χ3v) is 3.61. The van der Waals surface area contributed by atoms with Crippen LogP contribution in [0.2, 0.25) is 0 Å². The molecule has 0 amide bonds. The highest BCUT2D eigenvalue weighted by Crippen LogP contribution is 2.29. The summed E-state index contributed by atoms with van der Waals surface area (Å²) in [4.78, 5) is 16.8. The highest BCUT2D eigenvalue weighted by atomic mass is 16.5. The van der Waals surface area contributed by atoms with Gasteiger partial charge in [0.05, 0.1) is 25.3 Å². The Hall–Kier alpha value is -2.14. The molecule has 2 heterocycles. The lowest BCUT2D eigenvalue weighted by atomic mass is 9.96. The number of carbonyl (C=O) groups excluding carboxylic acids is 1. The first-order chi connectivity index (χ1) is 9.74. The van der Waals surface area contributed by atoms with Crippen molar-refractivity contribution in [3.05, 3.63) is 35.0 Å². The smallest absolute Gasteiger partial charge is 0.338 e. The number of benzene rings is 1. The molecule has 0 saturated heterocycles. The Morgan fingerprint density at radius 3 is 2.95 bits per heavy atom. The van der Waals surface area contributed by atoms with Gasteiger partial charge in [-0.25, -0.2) is 4.79 Å². The number of fused-ring (bicyclic) bond motifs is 2. The van der Waals surface area contributed by atoms with Crippen LogP contribution in [-0.4, -0.2) is 31.7 Å². The van der Waals surface area contributed by atoms with Crippen LogP contribution >= 0.6 is 0 Å². The molecule has 1 aliphatic rings. The van der Waals surface area contributed by atoms with Gasteiger partial charge in [-0.3, -0.25) is 4.98 Å². The molecule has 0 saturated carbocycles. The van der Waals surface area contributed by atoms with Gasteiger partial charge in [-0.05, 0) is 18.2 Å². The van der Waals surface area contributed by atoms with Crippen LogP contribution in [0.1, 0.15) is 21.6 Å². The maximum Gasteiger partial charge on any atom is 0.338 e. The van der Waals surface area contributed by atoms with Gasteiger partial charge in [-0.15, -0.1) is 0 Å². The monoisotopic (exact) mass is 272 g/mol. The van der Waals surface area contributed by atoms with E-state index in [0.29, 0.717) is 17.9 Å². The van der Waals surface area contributed by atoms with Crippen molar-refractivity contribution in [2.75, 3.05) is 20.8 Å². The summed E-state index contributed by atoms with van der Waals surface area (Å²) in [6.45, 7) is 1.52. The minimum absolute atomic E-state index is 0.328. The van der Waals surface area contributed by atoms with Gasteiger partial charge in [0.15, 0.2) is 0 Å². The summed E-state index contributed by atoms with van der Waals surface area (Å²) in [5, 5.41) is 4.05. The minimum Gasteiger partial charge on any atom is -0.497 e. The molecule has 2 aromatic rings. The van der Waals surface area contributed by atoms with Crippen molar-refractivity contribution in [2.45, 2.75) is 13.0 Å². The first-order valence-corrected chi connectivity index (χ1v) is 6.53. The second-order valence-corrected chi connectivity index (χ2v) is 4.71. The zero-order valence-electron chi connectivity index (χ0n) is 11.5. The molecule has 0 fully saturated rings. The Labute approximate surface area is 116 Å². The lowest BCUT2D eigenvalue weighted by Gasteiger charge is -2.20. The summed E-state index contributed by atoms with van der Waals surface area (Å²) in [7, 11) is 3.00. The second-order valence-electron chi connectivity index (χ2n) is 4.71. The largest absolute Gasteiger partial charge is 0.497 e. The molecular weight excluding hydrogens is 256 g/mol. The van der Waals surface area contributed by atoms with E-state index in [1.165, 1.54) is 7.11 Å². The fraction of sp³-hybridized carbons (Fsp3) is 0.333. The fourth-order valence-electron chi connectivity index (χ4n) is 2.61. The SMILES string of the molecule is COC(=O)c1c2c(nc3ccc(OC)cc13)CCNC2. The fourth-order valence-corrected chi connectivity index (χ4v) is 2.61. The maximum atomic E-state index is 12.2. The van der Waals surface area contributed by atoms with Crippen molar-refractivity contribution < 1.29 is 14.3 Å². The van der Waals surface area contributed by atoms with Gasteiger partial charge in [0, 0.05) is 36.2 Å². The number of hydrogen-bond acceptors (Lipinski definition) is 5. The average molecular weight is 272 g/mol. The number of hydrogen-bond donors (Lipinski definition) is 1. The van der Waals surface area contributed by atoms with Crippen LogP contribution in [0.25, 0.3) is 10.9 Å². The number of nitrogens with one attached hydrogen (secondary N) is 1. The minimum atomic E-state index is -0.328. The molecule has 3 rings (SSSR count). The molecule has 1 N–H and O–H groups in total. The van der Waals surface area contributed by atoms with Gasteiger partial charge in [0.25, 0.3) is 0 Å². The summed E-state index contributed by atoms with van der Waals surface area (Å²) in [5.41, 5.74) is 3.30. The van der Waals surface area contributed by atoms with E-state index in [-0.39, 0.29) is 5.97 Å². The quantitative estimate of drug-likeness (QED) is 0.843. The molecule has 5 heteroatoms. The summed E-state index contributed by atoms with van der Waals surface area (Å²) in [6.07, 6.45) is 0.821. The third-order valence-electron chi connectivity index (χ3n) is 3.61. The Morgan fingerprint density at radius 1 is 1.35 bits per heavy atom. The highest BCUT2D eigenvalue weighted by molar-refractivity contribution is 6.05. The summed E-state index contributed by atoms with van der Waals surface area (Å²) < 4.78 is 10.2. The van der Waals surface area contributed by atoms with Crippen molar-refractivity contribution in [2.24, 2.45) is 0 Å². The second kappa shape index (κ2) is 5.09. The van der Waals surface area contributed by atoms with Crippen LogP contribution in [0, 0.1) is 0 Å². The van der Waals surface area contributed by atoms with E-state index < -0.39 is 0 Å². The molecule has 0 bridgehead atoms. The van der Waals surface area contributed by atoms with E-state index in [0.717, 1.165) is 35.1 Å². The summed E-state index contributed by atoms with van der Waals surface area (Å²) >= 11 is 0. The van der Waals surface area contributed by atoms with Crippen LogP contribution < -0.4 is 10.1 Å². The van der Waals surface area contributed by atoms with Crippen molar-refractivity contribution in [1.29, 1.82) is 0 Å². The first kappa shape index (κ1) is 12.9. The van der Waals surface area contributed by atoms with Gasteiger partial charge in [-0.2, -0.15) is 0 Å². The molecule has 0 radical (unpaired) electrons. The number of pyridine rings is 1. The van der Waals surface area contributed by atoms with E-state index in [4.69, 9.17) is 9.47 Å². The number of ether oxygens (including phenoxy) is 2. The molecule has 1 aromatic carbocycles. The molecule has 20 heavy (non-hydrogen) atoms. The Bertz CT molecular complexity index is 682. The highest BCUT2D eigenvalue weighted by Gasteiger charge is 2.23. The Balaban J connectivity index is 2.34. The summed E-state index contributed by atoms with van der Waals surface area (Å²) in [5.74, 6) is 0.374. The van der Waals surface area contributed by atoms with Crippen molar-refractivity contribution >= 4 is 16.9 Å². The van der Waals surface area contributed by atoms with Crippen molar-refractivity contribution in [3.63, 3.8) is 0 Å². The van der Waals surface area contributed by atoms with Crippen LogP contribution in [0.15, 0.2) is 18.2 Å². The molecule has 1 aromatic heterocycles. The zero-order chi connectivity index (χ0) is 14.1. The van der Waals surface area contributed by atoms with Gasteiger partial charge in [-0.1, -0.05) is 0 Å². The lowest BCUT2D eigenvalue weighted by Crippen LogP contribution is -2.27. The standard InChI is InChI=1S/C15H16N2O3/c1-19-9-3-4-12-10(7-9)14(15(18)20-2)11-8-16-6-5-13(11)17-12/h3-4,7,16H,5-6,8H2,1-2H3. The number of nitrogens with zero attached hydrogens (tertiary/aromatic N) is 1. The van der Waals surface area contributed by atoms with Crippen LogP contribution in [-0.2, 0) is 17.7 Å². The van der Waals surface area contributed by atoms with Gasteiger partial charge in [0.2, 0.25) is 0 Å². The number of methoxy groups -OCH3 is 2. The molecule has 0 unspecified atom stereocenters. The Kier molecular flexibility index (Phi) is 3.28. The molecule has 0 aliphatic carbocycles. The molecule has 0 spiro atoms. The number of rotatable bonds is 2. The molecule has 104 valence electrons. The lowest BCUT2D eigenvalue weighted by molar-refractivity contribution is 0.0601. The van der Waals surface area contributed by atoms with Gasteiger partial charge >= 0.3 is 5.97 Å². The predicted octanol–water partition coefficient (Wildman–Crippen LogP) is 1.68.